The Balaban J connectivity index is 2.39. The van der Waals surface area contributed by atoms with E-state index in [9.17, 15) is 35.6 Å². The first-order chi connectivity index (χ1) is 11.3. The van der Waals surface area contributed by atoms with Crippen LogP contribution in [0.2, 0.25) is 0 Å². The Kier molecular flexibility index (Phi) is 3.18. The summed E-state index contributed by atoms with van der Waals surface area (Å²) in [5.74, 6) is 0. The predicted octanol–water partition coefficient (Wildman–Crippen LogP) is 2.62. The van der Waals surface area contributed by atoms with E-state index in [1.807, 2.05) is 0 Å². The summed E-state index contributed by atoms with van der Waals surface area (Å²) >= 11 is 0. The number of nitrogens with zero attached hydrogens (tertiary/aromatic N) is 4. The van der Waals surface area contributed by atoms with Crippen molar-refractivity contribution in [2.45, 2.75) is 0 Å². The van der Waals surface area contributed by atoms with Gasteiger partial charge in [-0.3, -0.25) is 30.3 Å². The highest BCUT2D eigenvalue weighted by Crippen LogP contribution is 2.45. The van der Waals surface area contributed by atoms with Crippen molar-refractivity contribution in [1.82, 2.24) is 0 Å². The van der Waals surface area contributed by atoms with E-state index in [4.69, 9.17) is 0 Å². The second kappa shape index (κ2) is 5.08. The Hall–Kier alpha value is -3.89. The average molecular weight is 330 g/mol. The maximum Gasteiger partial charge on any atom is 0.284 e. The zero-order valence-electron chi connectivity index (χ0n) is 11.6. The van der Waals surface area contributed by atoms with Crippen molar-refractivity contribution in [3.63, 3.8) is 0 Å². The van der Waals surface area contributed by atoms with Gasteiger partial charge >= 0.3 is 0 Å². The Labute approximate surface area is 131 Å². The molecule has 1 aliphatic carbocycles. The number of non-ortho nitro benzene ring substituents is 2. The molecule has 2 aromatic carbocycles. The molecule has 0 radical (unpaired) electrons. The molecule has 0 amide bonds. The molecular formula is C13H6N4O7. The van der Waals surface area contributed by atoms with Crippen molar-refractivity contribution < 1.29 is 20.0 Å². The highest BCUT2D eigenvalue weighted by molar-refractivity contribution is 6.26. The smallest absolute Gasteiger partial charge is 0.284 e. The Morgan fingerprint density at radius 1 is 0.792 bits per heavy atom. The van der Waals surface area contributed by atoms with E-state index in [1.54, 1.807) is 0 Å². The summed E-state index contributed by atoms with van der Waals surface area (Å²) < 4.78 is 0. The lowest BCUT2D eigenvalue weighted by Gasteiger charge is -2.02. The van der Waals surface area contributed by atoms with Crippen molar-refractivity contribution in [2.75, 3.05) is 0 Å². The molecular weight excluding hydrogens is 324 g/mol. The lowest BCUT2D eigenvalue weighted by atomic mass is 10.0. The fourth-order valence-corrected chi connectivity index (χ4v) is 2.64. The topological polar surface area (TPSA) is 162 Å². The molecule has 2 aromatic rings. The molecule has 0 atom stereocenters. The van der Waals surface area contributed by atoms with Crippen LogP contribution in [0.3, 0.4) is 0 Å². The second-order valence-electron chi connectivity index (χ2n) is 4.84. The summed E-state index contributed by atoms with van der Waals surface area (Å²) in [6.45, 7) is 0. The molecule has 24 heavy (non-hydrogen) atoms. The Morgan fingerprint density at radius 3 is 1.96 bits per heavy atom. The summed E-state index contributed by atoms with van der Waals surface area (Å²) in [6, 6.07) is 5.35. The minimum absolute atomic E-state index is 0.0169. The van der Waals surface area contributed by atoms with E-state index in [0.29, 0.717) is 0 Å². The summed E-state index contributed by atoms with van der Waals surface area (Å²) in [4.78, 5) is 30.9. The molecule has 11 heteroatoms. The monoisotopic (exact) mass is 330 g/mol. The van der Waals surface area contributed by atoms with Crippen LogP contribution in [0.25, 0.3) is 11.1 Å². The third kappa shape index (κ3) is 2.03. The molecule has 0 saturated heterocycles. The van der Waals surface area contributed by atoms with Crippen LogP contribution >= 0.6 is 0 Å². The number of benzene rings is 2. The van der Waals surface area contributed by atoms with Crippen molar-refractivity contribution >= 4 is 22.8 Å². The molecule has 0 fully saturated rings. The minimum atomic E-state index is -0.812. The standard InChI is InChI=1S/C13H6N4O7/c18-14-13-9-3-6(15(19)20)1-2-8(9)12-10(13)4-7(16(21)22)5-11(12)17(23)24/h1-5,18H/b14-13-. The predicted molar refractivity (Wildman–Crippen MR) is 79.3 cm³/mol. The normalized spacial score (nSPS) is 13.4. The Bertz CT molecular complexity index is 967. The van der Waals surface area contributed by atoms with Crippen molar-refractivity contribution in [1.29, 1.82) is 0 Å². The highest BCUT2D eigenvalue weighted by Gasteiger charge is 2.36. The van der Waals surface area contributed by atoms with Gasteiger partial charge in [-0.15, -0.1) is 0 Å². The average Bonchev–Trinajstić information content (AvgIpc) is 2.86. The van der Waals surface area contributed by atoms with Gasteiger partial charge in [-0.05, 0) is 11.6 Å². The second-order valence-corrected chi connectivity index (χ2v) is 4.84. The van der Waals surface area contributed by atoms with Gasteiger partial charge in [0, 0.05) is 29.3 Å². The van der Waals surface area contributed by atoms with E-state index in [-0.39, 0.29) is 33.7 Å². The molecule has 0 saturated carbocycles. The number of nitro benzene ring substituents is 3. The van der Waals surface area contributed by atoms with Gasteiger partial charge in [0.15, 0.2) is 0 Å². The van der Waals surface area contributed by atoms with Gasteiger partial charge in [-0.2, -0.15) is 0 Å². The van der Waals surface area contributed by atoms with Gasteiger partial charge in [0.05, 0.1) is 26.4 Å². The third-order valence-electron chi connectivity index (χ3n) is 3.60. The largest absolute Gasteiger partial charge is 0.410 e. The molecule has 120 valence electrons. The van der Waals surface area contributed by atoms with Crippen LogP contribution in [-0.4, -0.2) is 25.7 Å². The van der Waals surface area contributed by atoms with Gasteiger partial charge in [-0.25, -0.2) is 0 Å². The molecule has 3 rings (SSSR count). The van der Waals surface area contributed by atoms with E-state index in [2.05, 4.69) is 5.16 Å². The lowest BCUT2D eigenvalue weighted by Crippen LogP contribution is -2.01. The van der Waals surface area contributed by atoms with Gasteiger partial charge in [0.2, 0.25) is 0 Å². The van der Waals surface area contributed by atoms with Gasteiger partial charge in [0.25, 0.3) is 17.1 Å². The van der Waals surface area contributed by atoms with E-state index >= 15 is 0 Å². The molecule has 0 bridgehead atoms. The van der Waals surface area contributed by atoms with Crippen LogP contribution in [0.4, 0.5) is 17.1 Å². The molecule has 0 aliphatic heterocycles. The number of rotatable bonds is 3. The molecule has 11 nitrogen and oxygen atoms in total. The third-order valence-corrected chi connectivity index (χ3v) is 3.60. The van der Waals surface area contributed by atoms with E-state index in [1.165, 1.54) is 6.07 Å². The number of hydrogen-bond donors (Lipinski definition) is 1. The summed E-state index contributed by atoms with van der Waals surface area (Å²) in [5, 5.41) is 45.4. The van der Waals surface area contributed by atoms with E-state index < -0.39 is 26.1 Å². The van der Waals surface area contributed by atoms with Gasteiger partial charge in [-0.1, -0.05) is 5.16 Å². The van der Waals surface area contributed by atoms with Crippen LogP contribution in [0, 0.1) is 30.3 Å². The highest BCUT2D eigenvalue weighted by atomic mass is 16.6. The van der Waals surface area contributed by atoms with Gasteiger partial charge in [0.1, 0.15) is 5.71 Å². The SMILES string of the molecule is O=[N+]([O-])c1ccc2c(c1)/C(=N/O)c1cc([N+](=O)[O-])cc([N+](=O)[O-])c1-2. The van der Waals surface area contributed by atoms with E-state index in [0.717, 1.165) is 24.3 Å². The van der Waals surface area contributed by atoms with Crippen LogP contribution in [-0.2, 0) is 0 Å². The zero-order chi connectivity index (χ0) is 17.6. The number of oxime groups is 1. The number of nitro groups is 3. The lowest BCUT2D eigenvalue weighted by molar-refractivity contribution is -0.393. The van der Waals surface area contributed by atoms with Gasteiger partial charge < -0.3 is 5.21 Å². The quantitative estimate of drug-likeness (QED) is 0.438. The number of hydrogen-bond acceptors (Lipinski definition) is 8. The first-order valence-corrected chi connectivity index (χ1v) is 6.33. The zero-order valence-corrected chi connectivity index (χ0v) is 11.6. The molecule has 1 N–H and O–H groups in total. The fraction of sp³-hybridized carbons (Fsp3) is 0. The number of fused-ring (bicyclic) bond motifs is 3. The molecule has 1 aliphatic rings. The van der Waals surface area contributed by atoms with Crippen molar-refractivity contribution in [3.05, 3.63) is 71.8 Å². The van der Waals surface area contributed by atoms with Crippen LogP contribution < -0.4 is 0 Å². The van der Waals surface area contributed by atoms with Crippen LogP contribution in [0.1, 0.15) is 11.1 Å². The molecule has 0 aromatic heterocycles. The fourth-order valence-electron chi connectivity index (χ4n) is 2.64. The summed E-state index contributed by atoms with van der Waals surface area (Å²) in [5.41, 5.74) is -1.31. The van der Waals surface area contributed by atoms with Crippen molar-refractivity contribution in [3.8, 4) is 11.1 Å². The Morgan fingerprint density at radius 2 is 1.42 bits per heavy atom. The summed E-state index contributed by atoms with van der Waals surface area (Å²) in [7, 11) is 0. The van der Waals surface area contributed by atoms with Crippen molar-refractivity contribution in [2.24, 2.45) is 5.16 Å². The minimum Gasteiger partial charge on any atom is -0.410 e. The van der Waals surface area contributed by atoms with Crippen LogP contribution in [0.15, 0.2) is 35.5 Å². The maximum absolute atomic E-state index is 11.3. The molecule has 0 spiro atoms. The molecule has 0 heterocycles. The molecule has 0 unspecified atom stereocenters. The first-order valence-electron chi connectivity index (χ1n) is 6.33. The first kappa shape index (κ1) is 15.0. The maximum atomic E-state index is 11.3. The summed E-state index contributed by atoms with van der Waals surface area (Å²) in [6.07, 6.45) is 0. The van der Waals surface area contributed by atoms with Crippen LogP contribution in [0.5, 0.6) is 0 Å².